The van der Waals surface area contributed by atoms with Crippen LogP contribution in [-0.2, 0) is 4.79 Å². The van der Waals surface area contributed by atoms with Gasteiger partial charge < -0.3 is 10.6 Å². The van der Waals surface area contributed by atoms with Gasteiger partial charge in [0.25, 0.3) is 0 Å². The predicted octanol–water partition coefficient (Wildman–Crippen LogP) is 2.17. The van der Waals surface area contributed by atoms with Crippen LogP contribution in [0.5, 0.6) is 0 Å². The zero-order valence-corrected chi connectivity index (χ0v) is 11.8. The van der Waals surface area contributed by atoms with Crippen LogP contribution in [0.2, 0.25) is 0 Å². The van der Waals surface area contributed by atoms with Crippen LogP contribution in [0.15, 0.2) is 0 Å². The number of nitrogens with one attached hydrogen (secondary N) is 2. The summed E-state index contributed by atoms with van der Waals surface area (Å²) in [5.41, 5.74) is 0.299. The summed E-state index contributed by atoms with van der Waals surface area (Å²) in [6.07, 6.45) is 3.42. The summed E-state index contributed by atoms with van der Waals surface area (Å²) in [7, 11) is 0. The zero-order chi connectivity index (χ0) is 12.9. The molecule has 100 valence electrons. The number of carbonyl (C=O) groups excluding carboxylic acids is 1. The Morgan fingerprint density at radius 3 is 2.18 bits per heavy atom. The van der Waals surface area contributed by atoms with Crippen LogP contribution in [0.25, 0.3) is 0 Å². The Morgan fingerprint density at radius 2 is 1.82 bits per heavy atom. The van der Waals surface area contributed by atoms with Crippen molar-refractivity contribution < 1.29 is 4.79 Å². The number of hydrogen-bond acceptors (Lipinski definition) is 2. The van der Waals surface area contributed by atoms with Crippen molar-refractivity contribution in [3.63, 3.8) is 0 Å². The molecule has 0 spiro atoms. The van der Waals surface area contributed by atoms with Crippen LogP contribution in [0.4, 0.5) is 0 Å². The highest BCUT2D eigenvalue weighted by Gasteiger charge is 2.30. The van der Waals surface area contributed by atoms with Gasteiger partial charge in [0.05, 0.1) is 0 Å². The highest BCUT2D eigenvalue weighted by molar-refractivity contribution is 5.78. The minimum absolute atomic E-state index is 0.152. The van der Waals surface area contributed by atoms with Crippen molar-refractivity contribution in [2.45, 2.75) is 47.0 Å². The molecule has 1 saturated heterocycles. The molecule has 1 aliphatic rings. The van der Waals surface area contributed by atoms with Crippen LogP contribution in [-0.4, -0.2) is 25.5 Å². The smallest absolute Gasteiger partial charge is 0.223 e. The molecule has 1 rings (SSSR count). The molecule has 2 N–H and O–H groups in total. The molecule has 1 heterocycles. The Balaban J connectivity index is 2.40. The summed E-state index contributed by atoms with van der Waals surface area (Å²) in [4.78, 5) is 12.0. The molecule has 3 heteroatoms. The molecule has 0 bridgehead atoms. The third-order valence-corrected chi connectivity index (χ3v) is 4.82. The minimum atomic E-state index is 0.152. The summed E-state index contributed by atoms with van der Waals surface area (Å²) in [6.45, 7) is 11.5. The monoisotopic (exact) mass is 240 g/mol. The van der Waals surface area contributed by atoms with Gasteiger partial charge in [0, 0.05) is 12.5 Å². The molecule has 3 nitrogen and oxygen atoms in total. The Hall–Kier alpha value is -0.570. The van der Waals surface area contributed by atoms with Crippen molar-refractivity contribution in [2.75, 3.05) is 19.6 Å². The number of rotatable bonds is 7. The second-order valence-corrected chi connectivity index (χ2v) is 5.49. The van der Waals surface area contributed by atoms with E-state index in [2.05, 4.69) is 31.4 Å². The van der Waals surface area contributed by atoms with Crippen LogP contribution in [0.3, 0.4) is 0 Å². The number of hydrogen-bond donors (Lipinski definition) is 2. The van der Waals surface area contributed by atoms with Crippen molar-refractivity contribution >= 4 is 5.91 Å². The van der Waals surface area contributed by atoms with Crippen molar-refractivity contribution in [2.24, 2.45) is 17.3 Å². The molecule has 0 aliphatic carbocycles. The van der Waals surface area contributed by atoms with Crippen LogP contribution >= 0.6 is 0 Å². The van der Waals surface area contributed by atoms with Gasteiger partial charge in [-0.05, 0) is 43.7 Å². The maximum absolute atomic E-state index is 12.0. The van der Waals surface area contributed by atoms with Crippen molar-refractivity contribution in [1.82, 2.24) is 10.6 Å². The maximum Gasteiger partial charge on any atom is 0.223 e. The van der Waals surface area contributed by atoms with Crippen molar-refractivity contribution in [3.05, 3.63) is 0 Å². The highest BCUT2D eigenvalue weighted by Crippen LogP contribution is 2.29. The molecule has 1 unspecified atom stereocenters. The van der Waals surface area contributed by atoms with Gasteiger partial charge >= 0.3 is 0 Å². The van der Waals surface area contributed by atoms with Crippen LogP contribution in [0.1, 0.15) is 47.0 Å². The Morgan fingerprint density at radius 1 is 1.29 bits per heavy atom. The summed E-state index contributed by atoms with van der Waals surface area (Å²) in [5, 5.41) is 6.38. The lowest BCUT2D eigenvalue weighted by atomic mass is 9.79. The van der Waals surface area contributed by atoms with Gasteiger partial charge in [-0.15, -0.1) is 0 Å². The zero-order valence-electron chi connectivity index (χ0n) is 11.8. The van der Waals surface area contributed by atoms with Crippen LogP contribution < -0.4 is 10.6 Å². The fraction of sp³-hybridized carbons (Fsp3) is 0.929. The number of carbonyl (C=O) groups is 1. The molecule has 0 saturated carbocycles. The van der Waals surface area contributed by atoms with E-state index in [0.717, 1.165) is 38.9 Å². The van der Waals surface area contributed by atoms with E-state index in [-0.39, 0.29) is 11.8 Å². The molecule has 1 fully saturated rings. The van der Waals surface area contributed by atoms with Crippen molar-refractivity contribution in [3.8, 4) is 0 Å². The summed E-state index contributed by atoms with van der Waals surface area (Å²) < 4.78 is 0. The lowest BCUT2D eigenvalue weighted by molar-refractivity contribution is -0.127. The molecule has 0 radical (unpaired) electrons. The third-order valence-electron chi connectivity index (χ3n) is 4.82. The van der Waals surface area contributed by atoms with Gasteiger partial charge in [0.15, 0.2) is 0 Å². The highest BCUT2D eigenvalue weighted by atomic mass is 16.1. The molecule has 1 atom stereocenters. The minimum Gasteiger partial charge on any atom is -0.355 e. The third kappa shape index (κ3) is 3.44. The van der Waals surface area contributed by atoms with Gasteiger partial charge in [0.1, 0.15) is 0 Å². The first kappa shape index (κ1) is 14.5. The van der Waals surface area contributed by atoms with E-state index in [9.17, 15) is 4.79 Å². The first-order valence-corrected chi connectivity index (χ1v) is 7.07. The lowest BCUT2D eigenvalue weighted by Gasteiger charge is -2.34. The fourth-order valence-corrected chi connectivity index (χ4v) is 2.44. The summed E-state index contributed by atoms with van der Waals surface area (Å²) >= 11 is 0. The van der Waals surface area contributed by atoms with Gasteiger partial charge in [-0.1, -0.05) is 27.7 Å². The van der Waals surface area contributed by atoms with Crippen LogP contribution in [0, 0.1) is 17.3 Å². The van der Waals surface area contributed by atoms with E-state index in [4.69, 9.17) is 0 Å². The Kier molecular flexibility index (Phi) is 5.44. The van der Waals surface area contributed by atoms with E-state index in [1.165, 1.54) is 0 Å². The maximum atomic E-state index is 12.0. The lowest BCUT2D eigenvalue weighted by Crippen LogP contribution is -2.50. The molecule has 0 aromatic heterocycles. The van der Waals surface area contributed by atoms with Crippen molar-refractivity contribution in [1.29, 1.82) is 0 Å². The summed E-state index contributed by atoms with van der Waals surface area (Å²) in [5.74, 6) is 0.921. The molecular formula is C14H28N2O. The predicted molar refractivity (Wildman–Crippen MR) is 71.8 cm³/mol. The van der Waals surface area contributed by atoms with E-state index >= 15 is 0 Å². The first-order valence-electron chi connectivity index (χ1n) is 7.07. The van der Waals surface area contributed by atoms with Gasteiger partial charge in [-0.25, -0.2) is 0 Å². The molecular weight excluding hydrogens is 212 g/mol. The van der Waals surface area contributed by atoms with Gasteiger partial charge in [-0.2, -0.15) is 0 Å². The van der Waals surface area contributed by atoms with Gasteiger partial charge in [-0.3, -0.25) is 4.79 Å². The Labute approximate surface area is 106 Å². The van der Waals surface area contributed by atoms with E-state index in [0.29, 0.717) is 11.3 Å². The van der Waals surface area contributed by atoms with Gasteiger partial charge in [0.2, 0.25) is 5.91 Å². The number of amides is 1. The molecule has 1 aliphatic heterocycles. The fourth-order valence-electron chi connectivity index (χ4n) is 2.44. The largest absolute Gasteiger partial charge is 0.355 e. The first-order chi connectivity index (χ1) is 8.08. The standard InChI is InChI=1S/C14H28N2O/c1-5-14(6-2,7-3)10-16-13(17)11(4)12-8-15-9-12/h11-12,15H,5-10H2,1-4H3,(H,16,17). The summed E-state index contributed by atoms with van der Waals surface area (Å²) in [6, 6.07) is 0. The SMILES string of the molecule is CCC(CC)(CC)CNC(=O)C(C)C1CNC1. The van der Waals surface area contributed by atoms with E-state index in [1.54, 1.807) is 0 Å². The Bertz CT molecular complexity index is 236. The molecule has 1 amide bonds. The molecule has 0 aromatic rings. The average molecular weight is 240 g/mol. The van der Waals surface area contributed by atoms with E-state index in [1.807, 2.05) is 6.92 Å². The average Bonchev–Trinajstić information content (AvgIpc) is 2.29. The van der Waals surface area contributed by atoms with E-state index < -0.39 is 0 Å². The second-order valence-electron chi connectivity index (χ2n) is 5.49. The quantitative estimate of drug-likeness (QED) is 0.716. The normalized spacial score (nSPS) is 18.6. The second kappa shape index (κ2) is 6.39. The topological polar surface area (TPSA) is 41.1 Å². The molecule has 0 aromatic carbocycles. The molecule has 17 heavy (non-hydrogen) atoms.